The number of nitrogens with zero attached hydrogens (tertiary/aromatic N) is 3. The minimum Gasteiger partial charge on any atom is -0.480 e. The van der Waals surface area contributed by atoms with Crippen molar-refractivity contribution in [2.24, 2.45) is 0 Å². The molecule has 1 amide bonds. The van der Waals surface area contributed by atoms with Gasteiger partial charge in [0.1, 0.15) is 6.54 Å². The molecule has 0 radical (unpaired) electrons. The van der Waals surface area contributed by atoms with E-state index in [-0.39, 0.29) is 18.5 Å². The Hall–Kier alpha value is -2.63. The standard InChI is InChI=1S/C15H15N3O3/c1-10-6-11-4-2-3-5-13(11)18(10)15(21)12-7-16-17(8-12)9-14(19)20/h2-5,7-8,10H,6,9H2,1H3,(H,19,20). The molecule has 2 aromatic rings. The third-order valence-corrected chi connectivity index (χ3v) is 3.60. The molecule has 1 aromatic heterocycles. The smallest absolute Gasteiger partial charge is 0.325 e. The number of aliphatic carboxylic acids is 1. The molecule has 0 fully saturated rings. The van der Waals surface area contributed by atoms with E-state index in [2.05, 4.69) is 5.10 Å². The van der Waals surface area contributed by atoms with Crippen LogP contribution in [0.2, 0.25) is 0 Å². The molecule has 108 valence electrons. The van der Waals surface area contributed by atoms with Gasteiger partial charge in [-0.05, 0) is 25.0 Å². The van der Waals surface area contributed by atoms with Gasteiger partial charge in [-0.25, -0.2) is 0 Å². The SMILES string of the molecule is CC1Cc2ccccc2N1C(=O)c1cnn(CC(=O)O)c1. The van der Waals surface area contributed by atoms with Gasteiger partial charge in [0.25, 0.3) is 5.91 Å². The summed E-state index contributed by atoms with van der Waals surface area (Å²) in [6.07, 6.45) is 3.72. The number of hydrogen-bond acceptors (Lipinski definition) is 3. The highest BCUT2D eigenvalue weighted by atomic mass is 16.4. The highest BCUT2D eigenvalue weighted by molar-refractivity contribution is 6.07. The van der Waals surface area contributed by atoms with Crippen molar-refractivity contribution in [2.45, 2.75) is 25.9 Å². The highest BCUT2D eigenvalue weighted by Gasteiger charge is 2.31. The van der Waals surface area contributed by atoms with Crippen molar-refractivity contribution in [3.63, 3.8) is 0 Å². The molecule has 1 aromatic carbocycles. The second kappa shape index (κ2) is 5.05. The second-order valence-corrected chi connectivity index (χ2v) is 5.18. The number of carboxylic acid groups (broad SMARTS) is 1. The molecule has 3 rings (SSSR count). The molecule has 6 nitrogen and oxygen atoms in total. The maximum atomic E-state index is 12.6. The summed E-state index contributed by atoms with van der Waals surface area (Å²) < 4.78 is 1.25. The van der Waals surface area contributed by atoms with Gasteiger partial charge >= 0.3 is 5.97 Å². The van der Waals surface area contributed by atoms with Gasteiger partial charge in [-0.1, -0.05) is 18.2 Å². The summed E-state index contributed by atoms with van der Waals surface area (Å²) in [7, 11) is 0. The monoisotopic (exact) mass is 285 g/mol. The van der Waals surface area contributed by atoms with Crippen LogP contribution in [0.1, 0.15) is 22.8 Å². The zero-order valence-electron chi connectivity index (χ0n) is 11.6. The zero-order chi connectivity index (χ0) is 15.0. The predicted octanol–water partition coefficient (Wildman–Crippen LogP) is 1.56. The Kier molecular flexibility index (Phi) is 3.21. The van der Waals surface area contributed by atoms with Gasteiger partial charge in [-0.2, -0.15) is 5.10 Å². The second-order valence-electron chi connectivity index (χ2n) is 5.18. The van der Waals surface area contributed by atoms with Crippen LogP contribution in [0.25, 0.3) is 0 Å². The van der Waals surface area contributed by atoms with Crippen LogP contribution in [0.4, 0.5) is 5.69 Å². The van der Waals surface area contributed by atoms with Crippen LogP contribution in [0.5, 0.6) is 0 Å². The van der Waals surface area contributed by atoms with E-state index in [1.165, 1.54) is 17.1 Å². The summed E-state index contributed by atoms with van der Waals surface area (Å²) in [4.78, 5) is 25.1. The number of carbonyl (C=O) groups excluding carboxylic acids is 1. The first-order valence-corrected chi connectivity index (χ1v) is 6.72. The van der Waals surface area contributed by atoms with Gasteiger partial charge < -0.3 is 10.0 Å². The molecule has 0 bridgehead atoms. The first-order chi connectivity index (χ1) is 10.1. The Morgan fingerprint density at radius 3 is 2.90 bits per heavy atom. The van der Waals surface area contributed by atoms with Crippen LogP contribution in [-0.2, 0) is 17.8 Å². The average Bonchev–Trinajstić information content (AvgIpc) is 3.00. The maximum Gasteiger partial charge on any atom is 0.325 e. The summed E-state index contributed by atoms with van der Waals surface area (Å²) in [5, 5.41) is 12.7. The fourth-order valence-corrected chi connectivity index (χ4v) is 2.71. The lowest BCUT2D eigenvalue weighted by Crippen LogP contribution is -2.35. The summed E-state index contributed by atoms with van der Waals surface area (Å²) >= 11 is 0. The normalized spacial score (nSPS) is 16.8. The van der Waals surface area contributed by atoms with E-state index < -0.39 is 5.97 Å². The number of anilines is 1. The number of amides is 1. The molecule has 1 unspecified atom stereocenters. The summed E-state index contributed by atoms with van der Waals surface area (Å²) in [6.45, 7) is 1.75. The molecular weight excluding hydrogens is 270 g/mol. The van der Waals surface area contributed by atoms with Crippen LogP contribution < -0.4 is 4.90 Å². The highest BCUT2D eigenvalue weighted by Crippen LogP contribution is 2.32. The molecule has 21 heavy (non-hydrogen) atoms. The Bertz CT molecular complexity index is 708. The molecule has 1 aliphatic rings. The molecule has 1 N–H and O–H groups in total. The van der Waals surface area contributed by atoms with E-state index in [9.17, 15) is 9.59 Å². The average molecular weight is 285 g/mol. The molecular formula is C15H15N3O3. The number of benzene rings is 1. The van der Waals surface area contributed by atoms with E-state index in [1.54, 1.807) is 4.90 Å². The lowest BCUT2D eigenvalue weighted by molar-refractivity contribution is -0.137. The third kappa shape index (κ3) is 2.40. The fourth-order valence-electron chi connectivity index (χ4n) is 2.71. The van der Waals surface area contributed by atoms with E-state index in [4.69, 9.17) is 5.11 Å². The number of carbonyl (C=O) groups is 2. The number of hydrogen-bond donors (Lipinski definition) is 1. The predicted molar refractivity (Wildman–Crippen MR) is 76.3 cm³/mol. The van der Waals surface area contributed by atoms with Gasteiger partial charge in [0.2, 0.25) is 0 Å². The quantitative estimate of drug-likeness (QED) is 0.928. The van der Waals surface area contributed by atoms with E-state index in [0.29, 0.717) is 5.56 Å². The lowest BCUT2D eigenvalue weighted by atomic mass is 10.1. The van der Waals surface area contributed by atoms with Crippen molar-refractivity contribution >= 4 is 17.6 Å². The molecule has 6 heteroatoms. The van der Waals surface area contributed by atoms with Gasteiger partial charge in [0.05, 0.1) is 11.8 Å². The Morgan fingerprint density at radius 2 is 2.14 bits per heavy atom. The fraction of sp³-hybridized carbons (Fsp3) is 0.267. The molecule has 0 spiro atoms. The zero-order valence-corrected chi connectivity index (χ0v) is 11.6. The van der Waals surface area contributed by atoms with E-state index >= 15 is 0 Å². The Morgan fingerprint density at radius 1 is 1.38 bits per heavy atom. The van der Waals surface area contributed by atoms with Crippen molar-refractivity contribution in [2.75, 3.05) is 4.90 Å². The van der Waals surface area contributed by atoms with E-state index in [1.807, 2.05) is 31.2 Å². The summed E-state index contributed by atoms with van der Waals surface area (Å²) in [5.41, 5.74) is 2.47. The van der Waals surface area contributed by atoms with Gasteiger partial charge in [0, 0.05) is 17.9 Å². The first-order valence-electron chi connectivity index (χ1n) is 6.72. The molecule has 1 aliphatic heterocycles. The number of aromatic nitrogens is 2. The minimum absolute atomic E-state index is 0.0812. The lowest BCUT2D eigenvalue weighted by Gasteiger charge is -2.21. The first kappa shape index (κ1) is 13.4. The van der Waals surface area contributed by atoms with Crippen LogP contribution in [-0.4, -0.2) is 32.8 Å². The van der Waals surface area contributed by atoms with Crippen LogP contribution >= 0.6 is 0 Å². The van der Waals surface area contributed by atoms with Crippen molar-refractivity contribution in [3.8, 4) is 0 Å². The van der Waals surface area contributed by atoms with Crippen LogP contribution in [0.3, 0.4) is 0 Å². The van der Waals surface area contributed by atoms with Crippen molar-refractivity contribution in [1.82, 2.24) is 9.78 Å². The number of fused-ring (bicyclic) bond motifs is 1. The van der Waals surface area contributed by atoms with E-state index in [0.717, 1.165) is 17.7 Å². The minimum atomic E-state index is -0.989. The molecule has 2 heterocycles. The largest absolute Gasteiger partial charge is 0.480 e. The molecule has 1 atom stereocenters. The number of para-hydroxylation sites is 1. The van der Waals surface area contributed by atoms with Crippen LogP contribution in [0.15, 0.2) is 36.7 Å². The van der Waals surface area contributed by atoms with Crippen molar-refractivity contribution < 1.29 is 14.7 Å². The summed E-state index contributed by atoms with van der Waals surface area (Å²) in [6, 6.07) is 7.90. The van der Waals surface area contributed by atoms with Gasteiger partial charge in [-0.15, -0.1) is 0 Å². The molecule has 0 saturated carbocycles. The number of rotatable bonds is 3. The van der Waals surface area contributed by atoms with Crippen LogP contribution in [0, 0.1) is 0 Å². The Labute approximate surface area is 121 Å². The van der Waals surface area contributed by atoms with Gasteiger partial charge in [0.15, 0.2) is 0 Å². The topological polar surface area (TPSA) is 75.4 Å². The summed E-state index contributed by atoms with van der Waals surface area (Å²) in [5.74, 6) is -1.14. The number of carboxylic acids is 1. The van der Waals surface area contributed by atoms with Crippen molar-refractivity contribution in [3.05, 3.63) is 47.8 Å². The Balaban J connectivity index is 1.88. The maximum absolute atomic E-state index is 12.6. The molecule has 0 aliphatic carbocycles. The third-order valence-electron chi connectivity index (χ3n) is 3.60. The van der Waals surface area contributed by atoms with Crippen molar-refractivity contribution in [1.29, 1.82) is 0 Å². The molecule has 0 saturated heterocycles. The van der Waals surface area contributed by atoms with Gasteiger partial charge in [-0.3, -0.25) is 14.3 Å².